The van der Waals surface area contributed by atoms with Gasteiger partial charge in [-0.25, -0.2) is 0 Å². The molecule has 0 spiro atoms. The molecule has 0 aliphatic heterocycles. The maximum absolute atomic E-state index is 12.6. The minimum Gasteiger partial charge on any atom is -0.497 e. The lowest BCUT2D eigenvalue weighted by atomic mass is 10.1. The van der Waals surface area contributed by atoms with Gasteiger partial charge in [-0.05, 0) is 32.5 Å². The van der Waals surface area contributed by atoms with Gasteiger partial charge in [0.25, 0.3) is 0 Å². The Labute approximate surface area is 190 Å². The van der Waals surface area contributed by atoms with Crippen molar-refractivity contribution in [1.82, 2.24) is 20.0 Å². The molecule has 32 heavy (non-hydrogen) atoms. The van der Waals surface area contributed by atoms with Gasteiger partial charge in [0.2, 0.25) is 5.91 Å². The van der Waals surface area contributed by atoms with Crippen molar-refractivity contribution in [2.45, 2.75) is 33.5 Å². The second-order valence-electron chi connectivity index (χ2n) is 7.92. The minimum atomic E-state index is -0.0328. The van der Waals surface area contributed by atoms with Crippen LogP contribution in [0.5, 0.6) is 11.5 Å². The number of ether oxygens (including phenoxy) is 2. The summed E-state index contributed by atoms with van der Waals surface area (Å²) in [6.45, 7) is 6.09. The number of rotatable bonds is 10. The van der Waals surface area contributed by atoms with Gasteiger partial charge in [-0.3, -0.25) is 14.4 Å². The van der Waals surface area contributed by atoms with Crippen LogP contribution in [0.15, 0.2) is 48.5 Å². The van der Waals surface area contributed by atoms with Crippen LogP contribution in [0.3, 0.4) is 0 Å². The molecule has 0 unspecified atom stereocenters. The van der Waals surface area contributed by atoms with Crippen LogP contribution in [0.25, 0.3) is 0 Å². The van der Waals surface area contributed by atoms with Crippen LogP contribution in [-0.4, -0.2) is 48.4 Å². The van der Waals surface area contributed by atoms with Gasteiger partial charge in [0, 0.05) is 36.0 Å². The van der Waals surface area contributed by atoms with Gasteiger partial charge in [-0.1, -0.05) is 36.4 Å². The van der Waals surface area contributed by atoms with Crippen molar-refractivity contribution >= 4 is 5.91 Å². The lowest BCUT2D eigenvalue weighted by Gasteiger charge is -2.18. The Bertz CT molecular complexity index is 1050. The number of nitrogens with one attached hydrogen (secondary N) is 1. The highest BCUT2D eigenvalue weighted by Crippen LogP contribution is 2.25. The Balaban J connectivity index is 1.56. The second-order valence-corrected chi connectivity index (χ2v) is 7.92. The zero-order valence-corrected chi connectivity index (χ0v) is 19.5. The number of aryl methyl sites for hydroxylation is 1. The van der Waals surface area contributed by atoms with Crippen LogP contribution in [0, 0.1) is 13.8 Å². The summed E-state index contributed by atoms with van der Waals surface area (Å²) in [6.07, 6.45) is 0. The molecule has 1 aromatic heterocycles. The molecular formula is C25H32N4O3. The van der Waals surface area contributed by atoms with E-state index >= 15 is 0 Å². The van der Waals surface area contributed by atoms with Crippen molar-refractivity contribution in [3.05, 3.63) is 76.6 Å². The summed E-state index contributed by atoms with van der Waals surface area (Å²) in [5.41, 5.74) is 5.27. The first-order valence-electron chi connectivity index (χ1n) is 10.6. The zero-order chi connectivity index (χ0) is 23.1. The molecule has 0 radical (unpaired) electrons. The van der Waals surface area contributed by atoms with Gasteiger partial charge in [-0.15, -0.1) is 0 Å². The van der Waals surface area contributed by atoms with Crippen LogP contribution in [0.1, 0.15) is 28.1 Å². The average molecular weight is 437 g/mol. The predicted molar refractivity (Wildman–Crippen MR) is 125 cm³/mol. The fourth-order valence-corrected chi connectivity index (χ4v) is 3.72. The Morgan fingerprint density at radius 2 is 1.84 bits per heavy atom. The van der Waals surface area contributed by atoms with Crippen molar-refractivity contribution < 1.29 is 14.3 Å². The Kier molecular flexibility index (Phi) is 7.89. The number of methoxy groups -OCH3 is 2. The first-order valence-corrected chi connectivity index (χ1v) is 10.6. The van der Waals surface area contributed by atoms with Gasteiger partial charge in [0.1, 0.15) is 11.5 Å². The van der Waals surface area contributed by atoms with E-state index in [2.05, 4.69) is 22.5 Å². The van der Waals surface area contributed by atoms with Gasteiger partial charge < -0.3 is 14.8 Å². The van der Waals surface area contributed by atoms with E-state index in [9.17, 15) is 4.79 Å². The van der Waals surface area contributed by atoms with Crippen LogP contribution in [-0.2, 0) is 24.4 Å². The second kappa shape index (κ2) is 10.8. The maximum atomic E-state index is 12.6. The van der Waals surface area contributed by atoms with Gasteiger partial charge in [0.05, 0.1) is 33.0 Å². The highest BCUT2D eigenvalue weighted by molar-refractivity contribution is 5.78. The average Bonchev–Trinajstić information content (AvgIpc) is 3.05. The molecular weight excluding hydrogens is 404 g/mol. The quantitative estimate of drug-likeness (QED) is 0.528. The summed E-state index contributed by atoms with van der Waals surface area (Å²) in [7, 11) is 5.17. The molecule has 170 valence electrons. The van der Waals surface area contributed by atoms with E-state index < -0.39 is 0 Å². The zero-order valence-electron chi connectivity index (χ0n) is 19.5. The fraction of sp³-hybridized carbons (Fsp3) is 0.360. The lowest BCUT2D eigenvalue weighted by molar-refractivity contribution is -0.122. The van der Waals surface area contributed by atoms with Crippen molar-refractivity contribution in [2.24, 2.45) is 0 Å². The van der Waals surface area contributed by atoms with Crippen LogP contribution >= 0.6 is 0 Å². The van der Waals surface area contributed by atoms with Crippen LogP contribution in [0.2, 0.25) is 0 Å². The Morgan fingerprint density at radius 3 is 2.53 bits per heavy atom. The Hall–Kier alpha value is -3.32. The minimum absolute atomic E-state index is 0.0328. The highest BCUT2D eigenvalue weighted by atomic mass is 16.5. The number of nitrogens with zero attached hydrogens (tertiary/aromatic N) is 3. The molecule has 0 aliphatic carbocycles. The third kappa shape index (κ3) is 5.88. The van der Waals surface area contributed by atoms with Gasteiger partial charge >= 0.3 is 0 Å². The first kappa shape index (κ1) is 23.3. The molecule has 0 saturated carbocycles. The van der Waals surface area contributed by atoms with E-state index in [0.717, 1.165) is 34.0 Å². The summed E-state index contributed by atoms with van der Waals surface area (Å²) in [5, 5.41) is 7.70. The topological polar surface area (TPSA) is 68.6 Å². The van der Waals surface area contributed by atoms with E-state index in [1.54, 1.807) is 14.2 Å². The molecule has 0 saturated heterocycles. The number of hydrogen-bond donors (Lipinski definition) is 1. The van der Waals surface area contributed by atoms with E-state index in [0.29, 0.717) is 19.6 Å². The molecule has 1 amide bonds. The number of aromatic nitrogens is 2. The van der Waals surface area contributed by atoms with Crippen molar-refractivity contribution in [1.29, 1.82) is 0 Å². The number of benzene rings is 2. The number of carbonyl (C=O) groups excluding carboxylic acids is 1. The molecule has 0 aliphatic rings. The molecule has 1 N–H and O–H groups in total. The molecule has 7 heteroatoms. The standard InChI is InChI=1S/C25H32N4O3/c1-18-23(19(2)29(27-18)15-20-9-7-6-8-10-20)14-26-25(30)17-28(3)16-21-11-12-22(31-4)13-24(21)32-5/h6-13H,14-17H2,1-5H3,(H,26,30). The largest absolute Gasteiger partial charge is 0.497 e. The molecule has 0 bridgehead atoms. The summed E-state index contributed by atoms with van der Waals surface area (Å²) in [6, 6.07) is 15.9. The summed E-state index contributed by atoms with van der Waals surface area (Å²) in [4.78, 5) is 14.5. The van der Waals surface area contributed by atoms with Crippen molar-refractivity contribution in [2.75, 3.05) is 27.8 Å². The molecule has 1 heterocycles. The maximum Gasteiger partial charge on any atom is 0.234 e. The molecule has 0 fully saturated rings. The molecule has 3 rings (SSSR count). The third-order valence-electron chi connectivity index (χ3n) is 5.52. The van der Waals surface area contributed by atoms with E-state index in [4.69, 9.17) is 9.47 Å². The third-order valence-corrected chi connectivity index (χ3v) is 5.52. The van der Waals surface area contributed by atoms with Gasteiger partial charge in [-0.2, -0.15) is 5.10 Å². The normalized spacial score (nSPS) is 10.9. The van der Waals surface area contributed by atoms with E-state index in [-0.39, 0.29) is 12.5 Å². The SMILES string of the molecule is COc1ccc(CN(C)CC(=O)NCc2c(C)nn(Cc3ccccc3)c2C)c(OC)c1. The monoisotopic (exact) mass is 436 g/mol. The van der Waals surface area contributed by atoms with Crippen LogP contribution < -0.4 is 14.8 Å². The smallest absolute Gasteiger partial charge is 0.234 e. The lowest BCUT2D eigenvalue weighted by Crippen LogP contribution is -2.34. The van der Waals surface area contributed by atoms with Crippen LogP contribution in [0.4, 0.5) is 0 Å². The van der Waals surface area contributed by atoms with Crippen molar-refractivity contribution in [3.63, 3.8) is 0 Å². The summed E-state index contributed by atoms with van der Waals surface area (Å²) in [5.74, 6) is 1.45. The molecule has 3 aromatic rings. The molecule has 2 aromatic carbocycles. The number of hydrogen-bond acceptors (Lipinski definition) is 5. The summed E-state index contributed by atoms with van der Waals surface area (Å²) >= 11 is 0. The molecule has 0 atom stereocenters. The highest BCUT2D eigenvalue weighted by Gasteiger charge is 2.15. The van der Waals surface area contributed by atoms with E-state index in [1.807, 2.05) is 66.9 Å². The molecule has 7 nitrogen and oxygen atoms in total. The van der Waals surface area contributed by atoms with Crippen molar-refractivity contribution in [3.8, 4) is 11.5 Å². The number of likely N-dealkylation sites (N-methyl/N-ethyl adjacent to an activating group) is 1. The number of carbonyl (C=O) groups is 1. The van der Waals surface area contributed by atoms with E-state index in [1.165, 1.54) is 5.56 Å². The van der Waals surface area contributed by atoms with Gasteiger partial charge in [0.15, 0.2) is 0 Å². The summed E-state index contributed by atoms with van der Waals surface area (Å²) < 4.78 is 12.7. The number of amides is 1. The predicted octanol–water partition coefficient (Wildman–Crippen LogP) is 3.31. The fourth-order valence-electron chi connectivity index (χ4n) is 3.72. The first-order chi connectivity index (χ1) is 15.4. The Morgan fingerprint density at radius 1 is 1.09 bits per heavy atom.